The van der Waals surface area contributed by atoms with Crippen LogP contribution in [0.4, 0.5) is 8.78 Å². The average molecular weight is 669 g/mol. The molecule has 1 unspecified atom stereocenters. The standard InChI is InChI=1S/C40H58F2O4Si/c1-6-7-25-47(4,5)35-20-16-31(17-21-35)30-10-12-32(13-11-30)36-22-23-37(39(42)38(36)41)33-14-18-34(19-15-33)45-24-8-9-29(26-43)27-46-40(44)28(2)3/h14-15,18-19,22-23,29-32,35,43H,2,6-13,16-17,20-21,24-27H2,1,3-5H3. The highest BCUT2D eigenvalue weighted by atomic mass is 28.3. The van der Waals surface area contributed by atoms with Crippen molar-refractivity contribution in [3.63, 3.8) is 0 Å². The maximum atomic E-state index is 15.5. The fraction of sp³-hybridized carbons (Fsp3) is 0.625. The van der Waals surface area contributed by atoms with Gasteiger partial charge in [-0.3, -0.25) is 0 Å². The molecule has 0 radical (unpaired) electrons. The number of unbranched alkanes of at least 4 members (excludes halogenated alkanes) is 1. The van der Waals surface area contributed by atoms with Crippen LogP contribution in [0.5, 0.6) is 5.75 Å². The van der Waals surface area contributed by atoms with Crippen molar-refractivity contribution in [1.29, 1.82) is 0 Å². The summed E-state index contributed by atoms with van der Waals surface area (Å²) in [4.78, 5) is 11.6. The third-order valence-corrected chi connectivity index (χ3v) is 15.7. The van der Waals surface area contributed by atoms with E-state index in [9.17, 15) is 9.90 Å². The van der Waals surface area contributed by atoms with Crippen molar-refractivity contribution in [2.24, 2.45) is 17.8 Å². The van der Waals surface area contributed by atoms with Crippen LogP contribution in [0.2, 0.25) is 24.7 Å². The predicted molar refractivity (Wildman–Crippen MR) is 190 cm³/mol. The lowest BCUT2D eigenvalue weighted by Gasteiger charge is -2.42. The van der Waals surface area contributed by atoms with Gasteiger partial charge in [-0.2, -0.15) is 0 Å². The van der Waals surface area contributed by atoms with Gasteiger partial charge < -0.3 is 14.6 Å². The van der Waals surface area contributed by atoms with Crippen molar-refractivity contribution in [2.75, 3.05) is 19.8 Å². The Hall–Kier alpha value is -2.51. The summed E-state index contributed by atoms with van der Waals surface area (Å²) in [6.45, 7) is 13.1. The van der Waals surface area contributed by atoms with Gasteiger partial charge in [-0.15, -0.1) is 0 Å². The van der Waals surface area contributed by atoms with Gasteiger partial charge in [-0.25, -0.2) is 13.6 Å². The largest absolute Gasteiger partial charge is 0.494 e. The van der Waals surface area contributed by atoms with Crippen LogP contribution < -0.4 is 4.74 Å². The zero-order chi connectivity index (χ0) is 34.0. The molecule has 0 bridgehead atoms. The SMILES string of the molecule is C=C(C)C(=O)OCC(CO)CCCOc1ccc(-c2ccc(C3CCC(C4CCC([Si](C)(C)CCCC)CC4)CC3)c(F)c2F)cc1. The highest BCUT2D eigenvalue weighted by Gasteiger charge is 2.37. The third-order valence-electron chi connectivity index (χ3n) is 11.3. The molecule has 260 valence electrons. The minimum absolute atomic E-state index is 0.0831. The second-order valence-corrected chi connectivity index (χ2v) is 20.4. The summed E-state index contributed by atoms with van der Waals surface area (Å²) >= 11 is 0. The van der Waals surface area contributed by atoms with Gasteiger partial charge in [0.05, 0.1) is 21.3 Å². The Morgan fingerprint density at radius 2 is 1.57 bits per heavy atom. The molecule has 4 rings (SSSR count). The van der Waals surface area contributed by atoms with Crippen LogP contribution in [-0.2, 0) is 9.53 Å². The van der Waals surface area contributed by atoms with Gasteiger partial charge in [-0.1, -0.05) is 95.4 Å². The molecule has 0 amide bonds. The zero-order valence-electron chi connectivity index (χ0n) is 29.3. The van der Waals surface area contributed by atoms with Crippen LogP contribution >= 0.6 is 0 Å². The maximum absolute atomic E-state index is 15.5. The van der Waals surface area contributed by atoms with E-state index in [-0.39, 0.29) is 30.6 Å². The van der Waals surface area contributed by atoms with E-state index < -0.39 is 25.7 Å². The monoisotopic (exact) mass is 668 g/mol. The first-order valence-electron chi connectivity index (χ1n) is 18.2. The van der Waals surface area contributed by atoms with Gasteiger partial charge in [0.1, 0.15) is 5.75 Å². The molecule has 4 nitrogen and oxygen atoms in total. The summed E-state index contributed by atoms with van der Waals surface area (Å²) in [6.07, 6.45) is 13.7. The number of benzene rings is 2. The average Bonchev–Trinajstić information content (AvgIpc) is 3.08. The first-order valence-corrected chi connectivity index (χ1v) is 21.5. The number of aliphatic hydroxyl groups excluding tert-OH is 1. The van der Waals surface area contributed by atoms with Gasteiger partial charge in [0, 0.05) is 23.7 Å². The summed E-state index contributed by atoms with van der Waals surface area (Å²) < 4.78 is 41.9. The Labute approximate surface area is 283 Å². The molecule has 1 N–H and O–H groups in total. The number of halogens is 2. The lowest BCUT2D eigenvalue weighted by atomic mass is 9.69. The van der Waals surface area contributed by atoms with Crippen LogP contribution in [0.25, 0.3) is 11.1 Å². The lowest BCUT2D eigenvalue weighted by molar-refractivity contribution is -0.140. The van der Waals surface area contributed by atoms with Gasteiger partial charge in [0.2, 0.25) is 0 Å². The highest BCUT2D eigenvalue weighted by Crippen LogP contribution is 2.48. The summed E-state index contributed by atoms with van der Waals surface area (Å²) in [5, 5.41) is 9.56. The maximum Gasteiger partial charge on any atom is 0.333 e. The number of esters is 1. The van der Waals surface area contributed by atoms with Gasteiger partial charge in [0.25, 0.3) is 0 Å². The molecule has 7 heteroatoms. The van der Waals surface area contributed by atoms with Crippen molar-refractivity contribution in [1.82, 2.24) is 0 Å². The molecule has 0 spiro atoms. The fourth-order valence-electron chi connectivity index (χ4n) is 8.05. The smallest absolute Gasteiger partial charge is 0.333 e. The first kappa shape index (κ1) is 37.3. The quantitative estimate of drug-likeness (QED) is 0.0837. The Balaban J connectivity index is 1.24. The first-order chi connectivity index (χ1) is 22.5. The molecule has 47 heavy (non-hydrogen) atoms. The molecule has 0 heterocycles. The molecule has 1 atom stereocenters. The molecule has 0 aromatic heterocycles. The minimum atomic E-state index is -1.13. The van der Waals surface area contributed by atoms with Crippen molar-refractivity contribution < 1.29 is 28.2 Å². The number of rotatable bonds is 16. The minimum Gasteiger partial charge on any atom is -0.494 e. The van der Waals surface area contributed by atoms with Crippen molar-refractivity contribution in [3.8, 4) is 16.9 Å². The summed E-state index contributed by atoms with van der Waals surface area (Å²) in [5.41, 5.74) is 2.72. The topological polar surface area (TPSA) is 55.8 Å². The summed E-state index contributed by atoms with van der Waals surface area (Å²) in [6, 6.07) is 12.1. The molecule has 2 fully saturated rings. The molecule has 0 saturated heterocycles. The second-order valence-electron chi connectivity index (χ2n) is 15.1. The summed E-state index contributed by atoms with van der Waals surface area (Å²) in [5.74, 6) is 0.183. The van der Waals surface area contributed by atoms with Gasteiger partial charge in [0.15, 0.2) is 11.6 Å². The van der Waals surface area contributed by atoms with Crippen LogP contribution in [0, 0.1) is 29.4 Å². The molecule has 2 saturated carbocycles. The van der Waals surface area contributed by atoms with Crippen molar-refractivity contribution >= 4 is 14.0 Å². The molecule has 2 aromatic carbocycles. The molecule has 2 aliphatic rings. The predicted octanol–water partition coefficient (Wildman–Crippen LogP) is 10.9. The Morgan fingerprint density at radius 1 is 0.936 bits per heavy atom. The van der Waals surface area contributed by atoms with Gasteiger partial charge in [-0.05, 0) is 92.0 Å². The van der Waals surface area contributed by atoms with Crippen molar-refractivity contribution in [3.05, 3.63) is 65.7 Å². The zero-order valence-corrected chi connectivity index (χ0v) is 30.3. The molecular weight excluding hydrogens is 611 g/mol. The van der Waals surface area contributed by atoms with Crippen LogP contribution in [0.3, 0.4) is 0 Å². The van der Waals surface area contributed by atoms with E-state index in [1.165, 1.54) is 44.6 Å². The van der Waals surface area contributed by atoms with E-state index in [0.717, 1.165) is 43.1 Å². The van der Waals surface area contributed by atoms with Crippen LogP contribution in [0.1, 0.15) is 102 Å². The number of ether oxygens (including phenoxy) is 2. The highest BCUT2D eigenvalue weighted by molar-refractivity contribution is 6.78. The van der Waals surface area contributed by atoms with Gasteiger partial charge >= 0.3 is 5.97 Å². The number of carbonyl (C=O) groups excluding carboxylic acids is 1. The normalized spacial score (nSPS) is 22.4. The Kier molecular flexibility index (Phi) is 14.1. The molecule has 2 aromatic rings. The number of carbonyl (C=O) groups is 1. The van der Waals surface area contributed by atoms with E-state index in [4.69, 9.17) is 9.47 Å². The van der Waals surface area contributed by atoms with E-state index in [2.05, 4.69) is 26.6 Å². The fourth-order valence-corrected chi connectivity index (χ4v) is 11.6. The van der Waals surface area contributed by atoms with Crippen molar-refractivity contribution in [2.45, 2.75) is 121 Å². The Bertz CT molecular complexity index is 1290. The van der Waals surface area contributed by atoms with Crippen LogP contribution in [0.15, 0.2) is 48.6 Å². The number of hydrogen-bond donors (Lipinski definition) is 1. The third kappa shape index (κ3) is 10.2. The van der Waals surface area contributed by atoms with E-state index in [1.807, 2.05) is 6.07 Å². The van der Waals surface area contributed by atoms with E-state index in [1.54, 1.807) is 37.3 Å². The van der Waals surface area contributed by atoms with Crippen LogP contribution in [-0.4, -0.2) is 39.0 Å². The van der Waals surface area contributed by atoms with E-state index >= 15 is 8.78 Å². The number of aliphatic hydroxyl groups is 1. The molecule has 2 aliphatic carbocycles. The lowest BCUT2D eigenvalue weighted by Crippen LogP contribution is -2.36. The second kappa shape index (κ2) is 17.8. The Morgan fingerprint density at radius 3 is 2.17 bits per heavy atom. The molecular formula is C40H58F2O4Si. The van der Waals surface area contributed by atoms with E-state index in [0.29, 0.717) is 41.9 Å². The number of hydrogen-bond acceptors (Lipinski definition) is 4. The molecule has 0 aliphatic heterocycles. The summed E-state index contributed by atoms with van der Waals surface area (Å²) in [7, 11) is -1.13.